The minimum absolute atomic E-state index is 0.125. The molecule has 0 saturated heterocycles. The van der Waals surface area contributed by atoms with Gasteiger partial charge in [0, 0.05) is 10.7 Å². The Balaban J connectivity index is 3.34. The van der Waals surface area contributed by atoms with Crippen LogP contribution in [0.5, 0.6) is 0 Å². The van der Waals surface area contributed by atoms with Gasteiger partial charge in [0.2, 0.25) is 0 Å². The summed E-state index contributed by atoms with van der Waals surface area (Å²) >= 11 is 0. The monoisotopic (exact) mass is 308 g/mol. The molecule has 0 radical (unpaired) electrons. The van der Waals surface area contributed by atoms with E-state index in [4.69, 9.17) is 15.4 Å². The molecule has 1 rings (SSSR count). The maximum Gasteiger partial charge on any atom is 0.341 e. The Bertz CT molecular complexity index is 617. The number of halogens is 2. The Kier molecular flexibility index (Phi) is 4.27. The van der Waals surface area contributed by atoms with Crippen LogP contribution in [0.2, 0.25) is 0 Å². The highest BCUT2D eigenvalue weighted by Crippen LogP contribution is 2.24. The van der Waals surface area contributed by atoms with E-state index in [-0.39, 0.29) is 10.5 Å². The van der Waals surface area contributed by atoms with Crippen molar-refractivity contribution in [3.05, 3.63) is 29.1 Å². The van der Waals surface area contributed by atoms with Crippen LogP contribution < -0.4 is 0 Å². The molecular formula is C12H14ClFO4S. The average Bonchev–Trinajstić information content (AvgIpc) is 2.11. The number of rotatable bonds is 2. The van der Waals surface area contributed by atoms with Crippen LogP contribution in [0.4, 0.5) is 4.39 Å². The number of hydrogen-bond acceptors (Lipinski definition) is 4. The van der Waals surface area contributed by atoms with Gasteiger partial charge in [0.1, 0.15) is 11.4 Å². The molecule has 0 heterocycles. The summed E-state index contributed by atoms with van der Waals surface area (Å²) in [6.45, 7) is 6.25. The zero-order valence-electron chi connectivity index (χ0n) is 11.0. The minimum atomic E-state index is -4.05. The van der Waals surface area contributed by atoms with Gasteiger partial charge < -0.3 is 4.74 Å². The van der Waals surface area contributed by atoms with Gasteiger partial charge in [-0.2, -0.15) is 0 Å². The van der Waals surface area contributed by atoms with Crippen molar-refractivity contribution in [1.82, 2.24) is 0 Å². The fourth-order valence-electron chi connectivity index (χ4n) is 1.41. The van der Waals surface area contributed by atoms with Crippen molar-refractivity contribution in [3.63, 3.8) is 0 Å². The average molecular weight is 309 g/mol. The van der Waals surface area contributed by atoms with Gasteiger partial charge in [-0.3, -0.25) is 0 Å². The van der Waals surface area contributed by atoms with Crippen LogP contribution in [0.3, 0.4) is 0 Å². The van der Waals surface area contributed by atoms with E-state index >= 15 is 0 Å². The normalized spacial score (nSPS) is 12.3. The summed E-state index contributed by atoms with van der Waals surface area (Å²) < 4.78 is 41.3. The smallest absolute Gasteiger partial charge is 0.341 e. The number of carbonyl (C=O) groups excluding carboxylic acids is 1. The SMILES string of the molecule is Cc1cc(F)c(C(=O)OC(C)(C)C)cc1S(=O)(=O)Cl. The molecular weight excluding hydrogens is 295 g/mol. The molecule has 4 nitrogen and oxygen atoms in total. The van der Waals surface area contributed by atoms with E-state index in [1.165, 1.54) is 6.92 Å². The molecule has 0 fully saturated rings. The van der Waals surface area contributed by atoms with E-state index in [1.54, 1.807) is 20.8 Å². The second-order valence-corrected chi connectivity index (χ2v) is 7.57. The molecule has 0 saturated carbocycles. The van der Waals surface area contributed by atoms with Crippen molar-refractivity contribution in [2.24, 2.45) is 0 Å². The van der Waals surface area contributed by atoms with Crippen molar-refractivity contribution in [2.45, 2.75) is 38.2 Å². The summed E-state index contributed by atoms with van der Waals surface area (Å²) in [4.78, 5) is 11.5. The summed E-state index contributed by atoms with van der Waals surface area (Å²) in [5.41, 5.74) is -1.14. The number of benzene rings is 1. The maximum atomic E-state index is 13.7. The molecule has 0 aliphatic carbocycles. The van der Waals surface area contributed by atoms with Gasteiger partial charge in [0.15, 0.2) is 0 Å². The zero-order chi connectivity index (χ0) is 15.0. The van der Waals surface area contributed by atoms with Gasteiger partial charge >= 0.3 is 5.97 Å². The minimum Gasteiger partial charge on any atom is -0.456 e. The Labute approximate surface area is 115 Å². The second kappa shape index (κ2) is 5.09. The van der Waals surface area contributed by atoms with Gasteiger partial charge in [-0.1, -0.05) is 0 Å². The standard InChI is InChI=1S/C12H14ClFO4S/c1-7-5-9(14)8(6-10(7)19(13,16)17)11(15)18-12(2,3)4/h5-6H,1-4H3. The number of carbonyl (C=O) groups is 1. The number of aryl methyl sites for hydroxylation is 1. The topological polar surface area (TPSA) is 60.4 Å². The Hall–Kier alpha value is -1.14. The van der Waals surface area contributed by atoms with E-state index in [2.05, 4.69) is 0 Å². The van der Waals surface area contributed by atoms with E-state index in [9.17, 15) is 17.6 Å². The zero-order valence-corrected chi connectivity index (χ0v) is 12.5. The third kappa shape index (κ3) is 4.18. The molecule has 0 aliphatic heterocycles. The van der Waals surface area contributed by atoms with Crippen molar-refractivity contribution >= 4 is 25.7 Å². The summed E-state index contributed by atoms with van der Waals surface area (Å²) in [5.74, 6) is -1.79. The molecule has 0 aromatic heterocycles. The summed E-state index contributed by atoms with van der Waals surface area (Å²) in [5, 5.41) is 0. The van der Waals surface area contributed by atoms with Gasteiger partial charge in [-0.15, -0.1) is 0 Å². The van der Waals surface area contributed by atoms with Crippen LogP contribution in [0, 0.1) is 12.7 Å². The highest BCUT2D eigenvalue weighted by Gasteiger charge is 2.24. The summed E-state index contributed by atoms with van der Waals surface area (Å²) in [7, 11) is 1.17. The van der Waals surface area contributed by atoms with Gasteiger partial charge in [0.25, 0.3) is 9.05 Å². The van der Waals surface area contributed by atoms with E-state index in [1.807, 2.05) is 0 Å². The lowest BCUT2D eigenvalue weighted by Crippen LogP contribution is -2.24. The van der Waals surface area contributed by atoms with Crippen molar-refractivity contribution < 1.29 is 22.3 Å². The largest absolute Gasteiger partial charge is 0.456 e. The molecule has 7 heteroatoms. The van der Waals surface area contributed by atoms with Crippen LogP contribution >= 0.6 is 10.7 Å². The van der Waals surface area contributed by atoms with Crippen LogP contribution in [-0.4, -0.2) is 20.0 Å². The molecule has 0 bridgehead atoms. The third-order valence-electron chi connectivity index (χ3n) is 2.15. The lowest BCUT2D eigenvalue weighted by Gasteiger charge is -2.20. The second-order valence-electron chi connectivity index (χ2n) is 5.04. The highest BCUT2D eigenvalue weighted by atomic mass is 35.7. The number of esters is 1. The van der Waals surface area contributed by atoms with E-state index in [0.29, 0.717) is 0 Å². The van der Waals surface area contributed by atoms with Crippen molar-refractivity contribution in [2.75, 3.05) is 0 Å². The molecule has 0 aliphatic rings. The number of hydrogen-bond donors (Lipinski definition) is 0. The Morgan fingerprint density at radius 1 is 1.32 bits per heavy atom. The molecule has 0 atom stereocenters. The molecule has 1 aromatic rings. The van der Waals surface area contributed by atoms with Crippen LogP contribution in [0.15, 0.2) is 17.0 Å². The first-order chi connectivity index (χ1) is 8.42. The quantitative estimate of drug-likeness (QED) is 0.622. The molecule has 0 N–H and O–H groups in total. The number of ether oxygens (including phenoxy) is 1. The molecule has 106 valence electrons. The van der Waals surface area contributed by atoms with E-state index < -0.39 is 32.0 Å². The van der Waals surface area contributed by atoms with Crippen molar-refractivity contribution in [3.8, 4) is 0 Å². The maximum absolute atomic E-state index is 13.7. The first kappa shape index (κ1) is 15.9. The van der Waals surface area contributed by atoms with Crippen molar-refractivity contribution in [1.29, 1.82) is 0 Å². The first-order valence-electron chi connectivity index (χ1n) is 5.40. The van der Waals surface area contributed by atoms with Gasteiger partial charge in [-0.05, 0) is 45.4 Å². The predicted octanol–water partition coefficient (Wildman–Crippen LogP) is 3.02. The van der Waals surface area contributed by atoms with E-state index in [0.717, 1.165) is 12.1 Å². The highest BCUT2D eigenvalue weighted by molar-refractivity contribution is 8.13. The Morgan fingerprint density at radius 3 is 2.26 bits per heavy atom. The predicted molar refractivity (Wildman–Crippen MR) is 69.3 cm³/mol. The third-order valence-corrected chi connectivity index (χ3v) is 3.61. The van der Waals surface area contributed by atoms with Crippen LogP contribution in [-0.2, 0) is 13.8 Å². The van der Waals surface area contributed by atoms with Crippen LogP contribution in [0.25, 0.3) is 0 Å². The van der Waals surface area contributed by atoms with Gasteiger partial charge in [0.05, 0.1) is 10.5 Å². The molecule has 1 aromatic carbocycles. The summed E-state index contributed by atoms with van der Waals surface area (Å²) in [6.07, 6.45) is 0. The van der Waals surface area contributed by atoms with Gasteiger partial charge in [-0.25, -0.2) is 17.6 Å². The molecule has 0 amide bonds. The summed E-state index contributed by atoms with van der Waals surface area (Å²) in [6, 6.07) is 1.83. The fraction of sp³-hybridized carbons (Fsp3) is 0.417. The molecule has 19 heavy (non-hydrogen) atoms. The molecule has 0 unspecified atom stereocenters. The lowest BCUT2D eigenvalue weighted by molar-refractivity contribution is 0.00644. The Morgan fingerprint density at radius 2 is 1.84 bits per heavy atom. The lowest BCUT2D eigenvalue weighted by atomic mass is 10.1. The van der Waals surface area contributed by atoms with Crippen LogP contribution in [0.1, 0.15) is 36.7 Å². The fourth-order valence-corrected chi connectivity index (χ4v) is 2.61. The molecule has 0 spiro atoms. The first-order valence-corrected chi connectivity index (χ1v) is 7.71.